The summed E-state index contributed by atoms with van der Waals surface area (Å²) in [6.45, 7) is 4.37. The summed E-state index contributed by atoms with van der Waals surface area (Å²) in [5.41, 5.74) is 7.43. The van der Waals surface area contributed by atoms with E-state index in [1.54, 1.807) is 0 Å². The molecule has 0 N–H and O–H groups in total. The highest BCUT2D eigenvalue weighted by molar-refractivity contribution is 6.29. The van der Waals surface area contributed by atoms with Crippen molar-refractivity contribution in [2.75, 3.05) is 14.1 Å². The molecule has 1 aliphatic carbocycles. The Balaban J connectivity index is 1.35. The molecule has 50 heavy (non-hydrogen) atoms. The molecular formula is C43H40N4O3. The van der Waals surface area contributed by atoms with Crippen LogP contribution >= 0.6 is 0 Å². The number of amides is 4. The minimum absolute atomic E-state index is 0.0388. The van der Waals surface area contributed by atoms with Crippen LogP contribution in [0, 0.1) is 0 Å². The zero-order valence-corrected chi connectivity index (χ0v) is 29.4. The number of barbiturate groups is 1. The summed E-state index contributed by atoms with van der Waals surface area (Å²) in [4.78, 5) is 42.4. The average Bonchev–Trinajstić information content (AvgIpc) is 3.75. The highest BCUT2D eigenvalue weighted by Gasteiger charge is 2.42. The molecule has 7 nitrogen and oxygen atoms in total. The third kappa shape index (κ3) is 4.45. The predicted octanol–water partition coefficient (Wildman–Crippen LogP) is 6.79. The number of carbonyl (C=O) groups is 3. The summed E-state index contributed by atoms with van der Waals surface area (Å²) in [5.74, 6) is -1.15. The molecule has 1 aliphatic heterocycles. The summed E-state index contributed by atoms with van der Waals surface area (Å²) >= 11 is 0. The number of hydrogen-bond donors (Lipinski definition) is 0. The predicted molar refractivity (Wildman–Crippen MR) is 202 cm³/mol. The van der Waals surface area contributed by atoms with Crippen LogP contribution in [0.25, 0.3) is 55.5 Å². The minimum Gasteiger partial charge on any atom is -0.344 e. The zero-order chi connectivity index (χ0) is 35.0. The molecule has 7 heteroatoms. The maximum atomic E-state index is 13.8. The molecule has 2 fully saturated rings. The number of aryl methyl sites for hydroxylation is 4. The lowest BCUT2D eigenvalue weighted by Crippen LogP contribution is -2.53. The lowest BCUT2D eigenvalue weighted by molar-refractivity contribution is -0.134. The molecule has 2 aliphatic rings. The molecule has 0 spiro atoms. The number of nitrogens with zero attached hydrogens (tertiary/aromatic N) is 4. The van der Waals surface area contributed by atoms with Gasteiger partial charge in [-0.2, -0.15) is 0 Å². The Kier molecular flexibility index (Phi) is 7.40. The largest absolute Gasteiger partial charge is 0.344 e. The van der Waals surface area contributed by atoms with Crippen LogP contribution in [0.2, 0.25) is 0 Å². The van der Waals surface area contributed by atoms with Crippen molar-refractivity contribution in [1.29, 1.82) is 0 Å². The molecule has 250 valence electrons. The van der Waals surface area contributed by atoms with Crippen molar-refractivity contribution in [2.24, 2.45) is 14.1 Å². The number of rotatable bonds is 4. The Bertz CT molecular complexity index is 2500. The maximum absolute atomic E-state index is 13.8. The molecular weight excluding hydrogens is 620 g/mol. The van der Waals surface area contributed by atoms with E-state index in [1.807, 2.05) is 0 Å². The number of carbonyl (C=O) groups excluding carboxylic acids is 3. The first-order valence-corrected chi connectivity index (χ1v) is 17.4. The van der Waals surface area contributed by atoms with Gasteiger partial charge >= 0.3 is 6.03 Å². The summed E-state index contributed by atoms with van der Waals surface area (Å²) in [7, 11) is 7.04. The van der Waals surface area contributed by atoms with Gasteiger partial charge in [0.05, 0.1) is 0 Å². The summed E-state index contributed by atoms with van der Waals surface area (Å²) in [6.07, 6.45) is 11.6. The minimum atomic E-state index is -0.627. The van der Waals surface area contributed by atoms with E-state index in [-0.39, 0.29) is 5.57 Å². The molecule has 1 saturated carbocycles. The Labute approximate surface area is 290 Å². The highest BCUT2D eigenvalue weighted by atomic mass is 16.2. The number of allylic oxidation sites excluding steroid dienone is 5. The van der Waals surface area contributed by atoms with Crippen LogP contribution in [-0.2, 0) is 36.5 Å². The van der Waals surface area contributed by atoms with Gasteiger partial charge < -0.3 is 9.13 Å². The van der Waals surface area contributed by atoms with E-state index in [4.69, 9.17) is 0 Å². The van der Waals surface area contributed by atoms with Gasteiger partial charge in [-0.05, 0) is 88.6 Å². The smallest absolute Gasteiger partial charge is 0.333 e. The van der Waals surface area contributed by atoms with E-state index in [0.717, 1.165) is 55.5 Å². The summed E-state index contributed by atoms with van der Waals surface area (Å²) < 4.78 is 4.43. The van der Waals surface area contributed by atoms with Crippen molar-refractivity contribution in [2.45, 2.75) is 39.5 Å². The van der Waals surface area contributed by atoms with Crippen molar-refractivity contribution in [3.63, 3.8) is 0 Å². The van der Waals surface area contributed by atoms with Crippen LogP contribution in [0.3, 0.4) is 0 Å². The molecule has 3 heterocycles. The topological polar surface area (TPSA) is 67.6 Å². The SMILES string of the molecule is CCc1ccc2c3c1cccc3/c(=C\C=C1/CC/C(=C\C=c3/c4cccc5c(CC)ccc(c54)n3C)C1=C1C(=O)N(C)C(=O)N(C)C1=O)n2C. The van der Waals surface area contributed by atoms with Gasteiger partial charge in [0.2, 0.25) is 0 Å². The second kappa shape index (κ2) is 11.7. The van der Waals surface area contributed by atoms with Gasteiger partial charge in [-0.3, -0.25) is 19.4 Å². The highest BCUT2D eigenvalue weighted by Crippen LogP contribution is 2.40. The number of aromatic nitrogens is 2. The van der Waals surface area contributed by atoms with E-state index >= 15 is 0 Å². The van der Waals surface area contributed by atoms with Crippen molar-refractivity contribution in [3.05, 3.63) is 117 Å². The number of hydrogen-bond acceptors (Lipinski definition) is 3. The third-order valence-electron chi connectivity index (χ3n) is 11.0. The van der Waals surface area contributed by atoms with Crippen molar-refractivity contribution >= 4 is 73.3 Å². The van der Waals surface area contributed by atoms with Crippen LogP contribution in [0.5, 0.6) is 0 Å². The van der Waals surface area contributed by atoms with Crippen molar-refractivity contribution in [3.8, 4) is 0 Å². The molecule has 0 atom stereocenters. The van der Waals surface area contributed by atoms with Gasteiger partial charge in [-0.15, -0.1) is 0 Å². The first-order valence-electron chi connectivity index (χ1n) is 17.4. The van der Waals surface area contributed by atoms with Crippen LogP contribution < -0.4 is 10.7 Å². The van der Waals surface area contributed by atoms with Crippen LogP contribution in [0.15, 0.2) is 95.1 Å². The normalized spacial score (nSPS) is 18.5. The van der Waals surface area contributed by atoms with E-state index in [2.05, 4.69) is 122 Å². The van der Waals surface area contributed by atoms with Crippen LogP contribution in [-0.4, -0.2) is 50.9 Å². The van der Waals surface area contributed by atoms with Crippen LogP contribution in [0.4, 0.5) is 4.79 Å². The molecule has 2 aromatic heterocycles. The molecule has 6 aromatic rings. The lowest BCUT2D eigenvalue weighted by atomic mass is 9.95. The fourth-order valence-electron chi connectivity index (χ4n) is 8.30. The molecule has 0 bridgehead atoms. The molecule has 0 unspecified atom stereocenters. The molecule has 4 amide bonds. The van der Waals surface area contributed by atoms with Gasteiger partial charge in [-0.25, -0.2) is 4.79 Å². The first-order chi connectivity index (χ1) is 24.2. The van der Waals surface area contributed by atoms with Crippen molar-refractivity contribution in [1.82, 2.24) is 18.9 Å². The standard InChI is InChI=1S/C43H40N4O3/c1-7-25-17-23-35-38-29(25)11-9-13-31(38)33(44(35)3)21-19-27-15-16-28(37(27)40-41(48)46(5)43(50)47(6)42(40)49)20-22-34-32-14-10-12-30-26(8-2)18-24-36(39(30)32)45(34)4/h9-14,17-24H,7-8,15-16H2,1-6H3/b27-19+,28-20+,33-21+,34-22+. The fourth-order valence-corrected chi connectivity index (χ4v) is 8.30. The Hall–Kier alpha value is -5.69. The number of imide groups is 2. The zero-order valence-electron chi connectivity index (χ0n) is 29.4. The van der Waals surface area contributed by atoms with Gasteiger partial charge in [0.25, 0.3) is 11.8 Å². The molecule has 0 radical (unpaired) electrons. The van der Waals surface area contributed by atoms with E-state index in [9.17, 15) is 14.4 Å². The first kappa shape index (κ1) is 31.6. The second-order valence-corrected chi connectivity index (χ2v) is 13.5. The third-order valence-corrected chi connectivity index (χ3v) is 11.0. The lowest BCUT2D eigenvalue weighted by Gasteiger charge is -2.30. The fraction of sp³-hybridized carbons (Fsp3) is 0.233. The van der Waals surface area contributed by atoms with Crippen LogP contribution in [0.1, 0.15) is 37.8 Å². The number of urea groups is 1. The second-order valence-electron chi connectivity index (χ2n) is 13.5. The van der Waals surface area contributed by atoms with E-state index < -0.39 is 17.8 Å². The maximum Gasteiger partial charge on any atom is 0.333 e. The Morgan fingerprint density at radius 2 is 0.960 bits per heavy atom. The van der Waals surface area contributed by atoms with Gasteiger partial charge in [0, 0.05) is 71.5 Å². The van der Waals surface area contributed by atoms with E-state index in [0.29, 0.717) is 18.4 Å². The summed E-state index contributed by atoms with van der Waals surface area (Å²) in [6, 6.07) is 21.1. The Morgan fingerprint density at radius 1 is 0.540 bits per heavy atom. The average molecular weight is 661 g/mol. The monoisotopic (exact) mass is 660 g/mol. The molecule has 1 saturated heterocycles. The quantitative estimate of drug-likeness (QED) is 0.155. The van der Waals surface area contributed by atoms with Crippen molar-refractivity contribution < 1.29 is 14.4 Å². The number of likely N-dealkylation sites (N-methyl/N-ethyl adjacent to an activating group) is 2. The molecule has 8 rings (SSSR count). The molecule has 4 aromatic carbocycles. The van der Waals surface area contributed by atoms with Gasteiger partial charge in [0.15, 0.2) is 0 Å². The van der Waals surface area contributed by atoms with Gasteiger partial charge in [0.1, 0.15) is 5.57 Å². The summed E-state index contributed by atoms with van der Waals surface area (Å²) in [5, 5.41) is 9.48. The number of benzene rings is 4. The van der Waals surface area contributed by atoms with Gasteiger partial charge in [-0.1, -0.05) is 74.5 Å². The Morgan fingerprint density at radius 3 is 1.38 bits per heavy atom. The van der Waals surface area contributed by atoms with E-state index in [1.165, 1.54) is 57.5 Å².